The minimum atomic E-state index is -0.302. The number of aromatic nitrogens is 3. The molecule has 0 radical (unpaired) electrons. The third-order valence-electron chi connectivity index (χ3n) is 2.63. The maximum Gasteiger partial charge on any atom is 0.246 e. The van der Waals surface area contributed by atoms with Crippen LogP contribution < -0.4 is 5.32 Å². The number of aryl methyl sites for hydroxylation is 1. The number of nitrogens with one attached hydrogen (secondary N) is 1. The highest BCUT2D eigenvalue weighted by molar-refractivity contribution is 7.09. The van der Waals surface area contributed by atoms with Gasteiger partial charge in [-0.2, -0.15) is 4.98 Å². The van der Waals surface area contributed by atoms with E-state index in [0.29, 0.717) is 18.1 Å². The molecule has 2 aromatic rings. The van der Waals surface area contributed by atoms with Gasteiger partial charge in [-0.05, 0) is 27.8 Å². The molecule has 2 heterocycles. The van der Waals surface area contributed by atoms with Crippen molar-refractivity contribution in [1.29, 1.82) is 0 Å². The normalized spacial score (nSPS) is 12.0. The molecule has 0 saturated heterocycles. The lowest BCUT2D eigenvalue weighted by atomic mass is 10.1. The molecule has 17 heavy (non-hydrogen) atoms. The van der Waals surface area contributed by atoms with Gasteiger partial charge < -0.3 is 9.84 Å². The van der Waals surface area contributed by atoms with E-state index in [2.05, 4.69) is 20.4 Å². The molecule has 0 aliphatic heterocycles. The number of hydrogen-bond donors (Lipinski definition) is 1. The summed E-state index contributed by atoms with van der Waals surface area (Å²) in [5.41, 5.74) is 0.686. The minimum absolute atomic E-state index is 0.302. The van der Waals surface area contributed by atoms with E-state index in [1.54, 1.807) is 11.3 Å². The lowest BCUT2D eigenvalue weighted by Gasteiger charge is -2.17. The van der Waals surface area contributed by atoms with Crippen molar-refractivity contribution in [3.63, 3.8) is 0 Å². The third-order valence-corrected chi connectivity index (χ3v) is 3.46. The van der Waals surface area contributed by atoms with Crippen LogP contribution in [0.2, 0.25) is 0 Å². The van der Waals surface area contributed by atoms with E-state index in [0.717, 1.165) is 10.7 Å². The summed E-state index contributed by atoms with van der Waals surface area (Å²) in [6.07, 6.45) is 0.619. The standard InChI is InChI=1S/C11H16N4OS/c1-7-13-8(6-17-7)5-9-14-10(16-15-9)11(2,3)12-4/h6,12H,5H2,1-4H3. The highest BCUT2D eigenvalue weighted by Crippen LogP contribution is 2.18. The molecule has 0 saturated carbocycles. The van der Waals surface area contributed by atoms with Crippen LogP contribution in [0.1, 0.15) is 36.3 Å². The molecule has 92 valence electrons. The van der Waals surface area contributed by atoms with Crippen LogP contribution in [0, 0.1) is 6.92 Å². The monoisotopic (exact) mass is 252 g/mol. The van der Waals surface area contributed by atoms with Crippen molar-refractivity contribution in [2.45, 2.75) is 32.7 Å². The molecular formula is C11H16N4OS. The van der Waals surface area contributed by atoms with Gasteiger partial charge in [-0.25, -0.2) is 4.98 Å². The van der Waals surface area contributed by atoms with Gasteiger partial charge in [0.25, 0.3) is 0 Å². The second-order valence-corrected chi connectivity index (χ2v) is 5.49. The number of thiazole rings is 1. The summed E-state index contributed by atoms with van der Waals surface area (Å²) >= 11 is 1.63. The Labute approximate surface area is 104 Å². The van der Waals surface area contributed by atoms with Gasteiger partial charge in [-0.1, -0.05) is 5.16 Å². The van der Waals surface area contributed by atoms with Crippen molar-refractivity contribution in [1.82, 2.24) is 20.4 Å². The fourth-order valence-corrected chi connectivity index (χ4v) is 1.95. The number of hydrogen-bond acceptors (Lipinski definition) is 6. The average Bonchev–Trinajstić information content (AvgIpc) is 2.89. The van der Waals surface area contributed by atoms with Gasteiger partial charge in [-0.3, -0.25) is 0 Å². The summed E-state index contributed by atoms with van der Waals surface area (Å²) in [5, 5.41) is 10.2. The van der Waals surface area contributed by atoms with Gasteiger partial charge >= 0.3 is 0 Å². The molecule has 0 fully saturated rings. The molecule has 0 atom stereocenters. The number of nitrogens with zero attached hydrogens (tertiary/aromatic N) is 3. The SMILES string of the molecule is CNC(C)(C)c1nc(Cc2csc(C)n2)no1. The molecule has 0 spiro atoms. The molecule has 2 rings (SSSR count). The van der Waals surface area contributed by atoms with Crippen LogP contribution in [0.25, 0.3) is 0 Å². The Bertz CT molecular complexity index is 503. The van der Waals surface area contributed by atoms with Crippen molar-refractivity contribution in [3.05, 3.63) is 27.8 Å². The zero-order valence-corrected chi connectivity index (χ0v) is 11.3. The van der Waals surface area contributed by atoms with Crippen LogP contribution in [-0.2, 0) is 12.0 Å². The van der Waals surface area contributed by atoms with Crippen molar-refractivity contribution in [2.24, 2.45) is 0 Å². The van der Waals surface area contributed by atoms with E-state index in [-0.39, 0.29) is 5.54 Å². The molecule has 6 heteroatoms. The van der Waals surface area contributed by atoms with E-state index >= 15 is 0 Å². The maximum atomic E-state index is 5.25. The van der Waals surface area contributed by atoms with Crippen molar-refractivity contribution in [2.75, 3.05) is 7.05 Å². The molecule has 0 bridgehead atoms. The third kappa shape index (κ3) is 2.70. The van der Waals surface area contributed by atoms with Crippen LogP contribution in [0.3, 0.4) is 0 Å². The molecule has 0 aromatic carbocycles. The predicted octanol–water partition coefficient (Wildman–Crippen LogP) is 1.88. The summed E-state index contributed by atoms with van der Waals surface area (Å²) in [7, 11) is 1.87. The lowest BCUT2D eigenvalue weighted by Crippen LogP contribution is -2.33. The van der Waals surface area contributed by atoms with E-state index in [1.165, 1.54) is 0 Å². The smallest absolute Gasteiger partial charge is 0.246 e. The van der Waals surface area contributed by atoms with E-state index in [4.69, 9.17) is 4.52 Å². The van der Waals surface area contributed by atoms with E-state index in [9.17, 15) is 0 Å². The predicted molar refractivity (Wildman–Crippen MR) is 66.0 cm³/mol. The van der Waals surface area contributed by atoms with E-state index in [1.807, 2.05) is 33.2 Å². The van der Waals surface area contributed by atoms with Crippen molar-refractivity contribution >= 4 is 11.3 Å². The average molecular weight is 252 g/mol. The summed E-state index contributed by atoms with van der Waals surface area (Å²) in [6, 6.07) is 0. The maximum absolute atomic E-state index is 5.25. The topological polar surface area (TPSA) is 63.8 Å². The molecule has 0 aliphatic rings. The summed E-state index contributed by atoms with van der Waals surface area (Å²) < 4.78 is 5.25. The van der Waals surface area contributed by atoms with Gasteiger partial charge in [-0.15, -0.1) is 11.3 Å². The Hall–Kier alpha value is -1.27. The van der Waals surface area contributed by atoms with Crippen LogP contribution in [0.15, 0.2) is 9.90 Å². The van der Waals surface area contributed by atoms with Crippen LogP contribution >= 0.6 is 11.3 Å². The molecular weight excluding hydrogens is 236 g/mol. The second-order valence-electron chi connectivity index (χ2n) is 4.43. The zero-order valence-electron chi connectivity index (χ0n) is 10.4. The van der Waals surface area contributed by atoms with Crippen LogP contribution in [-0.4, -0.2) is 22.2 Å². The first-order valence-electron chi connectivity index (χ1n) is 5.44. The Morgan fingerprint density at radius 1 is 1.41 bits per heavy atom. The van der Waals surface area contributed by atoms with Crippen LogP contribution in [0.5, 0.6) is 0 Å². The summed E-state index contributed by atoms with van der Waals surface area (Å²) in [5.74, 6) is 1.27. The minimum Gasteiger partial charge on any atom is -0.337 e. The molecule has 1 N–H and O–H groups in total. The lowest BCUT2D eigenvalue weighted by molar-refractivity contribution is 0.279. The van der Waals surface area contributed by atoms with Gasteiger partial charge in [0.05, 0.1) is 22.7 Å². The quantitative estimate of drug-likeness (QED) is 0.900. The van der Waals surface area contributed by atoms with E-state index < -0.39 is 0 Å². The molecule has 2 aromatic heterocycles. The fraction of sp³-hybridized carbons (Fsp3) is 0.545. The summed E-state index contributed by atoms with van der Waals surface area (Å²) in [6.45, 7) is 5.98. The summed E-state index contributed by atoms with van der Waals surface area (Å²) in [4.78, 5) is 8.76. The van der Waals surface area contributed by atoms with Crippen LogP contribution in [0.4, 0.5) is 0 Å². The molecule has 5 nitrogen and oxygen atoms in total. The second kappa shape index (κ2) is 4.54. The zero-order chi connectivity index (χ0) is 12.5. The van der Waals surface area contributed by atoms with Gasteiger partial charge in [0, 0.05) is 5.38 Å². The first kappa shape index (κ1) is 12.2. The largest absolute Gasteiger partial charge is 0.337 e. The Kier molecular flexibility index (Phi) is 3.26. The van der Waals surface area contributed by atoms with Gasteiger partial charge in [0.1, 0.15) is 0 Å². The Morgan fingerprint density at radius 2 is 2.18 bits per heavy atom. The molecule has 0 amide bonds. The first-order valence-corrected chi connectivity index (χ1v) is 6.32. The first-order chi connectivity index (χ1) is 8.01. The highest BCUT2D eigenvalue weighted by atomic mass is 32.1. The van der Waals surface area contributed by atoms with Gasteiger partial charge in [0.2, 0.25) is 5.89 Å². The van der Waals surface area contributed by atoms with Gasteiger partial charge in [0.15, 0.2) is 5.82 Å². The molecule has 0 unspecified atom stereocenters. The Balaban J connectivity index is 2.14. The fourth-order valence-electron chi connectivity index (χ4n) is 1.34. The van der Waals surface area contributed by atoms with Crippen molar-refractivity contribution < 1.29 is 4.52 Å². The number of rotatable bonds is 4. The molecule has 0 aliphatic carbocycles. The van der Waals surface area contributed by atoms with Crippen molar-refractivity contribution in [3.8, 4) is 0 Å². The Morgan fingerprint density at radius 3 is 2.76 bits per heavy atom. The highest BCUT2D eigenvalue weighted by Gasteiger charge is 2.25.